The van der Waals surface area contributed by atoms with Crippen LogP contribution in [0.2, 0.25) is 30.7 Å². The van der Waals surface area contributed by atoms with Crippen LogP contribution in [0.3, 0.4) is 0 Å². The van der Waals surface area contributed by atoms with E-state index in [1.54, 1.807) is 30.7 Å². The van der Waals surface area contributed by atoms with E-state index in [2.05, 4.69) is 34.5 Å². The number of benzene rings is 1. The van der Waals surface area contributed by atoms with Gasteiger partial charge in [0, 0.05) is 63.5 Å². The van der Waals surface area contributed by atoms with Gasteiger partial charge in [-0.05, 0) is 77.1 Å². The maximum absolute atomic E-state index is 15.2. The minimum absolute atomic E-state index is 0.192. The molecular weight excluding hydrogens is 705 g/mol. The molecule has 0 spiro atoms. The highest BCUT2D eigenvalue weighted by atomic mass is 35.5. The summed E-state index contributed by atoms with van der Waals surface area (Å²) < 4.78 is 28.9. The number of carbonyl (C=O) groups excluding carboxylic acids is 1. The highest BCUT2D eigenvalue weighted by molar-refractivity contribution is 6.76. The lowest BCUT2D eigenvalue weighted by Gasteiger charge is -2.43. The van der Waals surface area contributed by atoms with Gasteiger partial charge >= 0.3 is 12.2 Å². The fraction of sp³-hybridized carbons (Fsp3) is 0.486. The highest BCUT2D eigenvalue weighted by Gasteiger charge is 2.33. The number of rotatable bonds is 11. The lowest BCUT2D eigenvalue weighted by atomic mass is 10.1. The van der Waals surface area contributed by atoms with Crippen molar-refractivity contribution in [3.05, 3.63) is 59.8 Å². The number of hydrogen-bond acceptors (Lipinski definition) is 8. The predicted molar refractivity (Wildman–Crippen MR) is 204 cm³/mol. The Morgan fingerprint density at radius 2 is 1.77 bits per heavy atom. The van der Waals surface area contributed by atoms with Crippen LogP contribution in [-0.2, 0) is 16.2 Å². The Balaban J connectivity index is 1.50. The Morgan fingerprint density at radius 3 is 2.42 bits per heavy atom. The summed E-state index contributed by atoms with van der Waals surface area (Å²) in [6.45, 7) is 18.6. The van der Waals surface area contributed by atoms with Gasteiger partial charge < -0.3 is 24.0 Å². The molecule has 5 rings (SSSR count). The minimum atomic E-state index is -1.33. The molecule has 1 saturated heterocycles. The van der Waals surface area contributed by atoms with Crippen molar-refractivity contribution in [2.24, 2.45) is 0 Å². The summed E-state index contributed by atoms with van der Waals surface area (Å²) in [5.41, 5.74) is 2.50. The number of amides is 2. The molecule has 4 heterocycles. The van der Waals surface area contributed by atoms with E-state index >= 15 is 4.39 Å². The maximum Gasteiger partial charge on any atom is 0.414 e. The van der Waals surface area contributed by atoms with E-state index < -0.39 is 31.7 Å². The Labute approximate surface area is 310 Å². The summed E-state index contributed by atoms with van der Waals surface area (Å²) in [6.07, 6.45) is 1.75. The molecule has 1 aliphatic heterocycles. The van der Waals surface area contributed by atoms with Crippen molar-refractivity contribution in [1.82, 2.24) is 29.3 Å². The maximum atomic E-state index is 15.2. The third-order valence-corrected chi connectivity index (χ3v) is 10.7. The van der Waals surface area contributed by atoms with Crippen LogP contribution < -0.4 is 4.90 Å². The van der Waals surface area contributed by atoms with Gasteiger partial charge in [-0.2, -0.15) is 0 Å². The minimum Gasteiger partial charge on any atom is -0.465 e. The Kier molecular flexibility index (Phi) is 11.9. The number of carboxylic acid groups (broad SMARTS) is 1. The molecule has 1 aliphatic rings. The van der Waals surface area contributed by atoms with Gasteiger partial charge in [0.25, 0.3) is 0 Å². The van der Waals surface area contributed by atoms with Crippen LogP contribution >= 0.6 is 11.6 Å². The molecular formula is C37H49ClFN7O5Si. The standard InChI is InChI=1S/C37H49ClFN7O5Si/c1-24-20-43(21-25(2)46(24)35(47)48)13-14-45(36(49)51-37(3,4)5)27-18-32-30(40-19-27)11-12-31(42-32)34-33(28-17-26(38)9-10-29(28)39)41-22-44(34)23-50-15-16-52(6,7)8/h9-12,17-19,22,24-25H,13-16,20-21,23H2,1-8H3,(H,47,48)/t24-,25?/m1/s1. The molecule has 1 unspecified atom stereocenters. The molecule has 1 aromatic carbocycles. The number of piperazine rings is 1. The van der Waals surface area contributed by atoms with Crippen LogP contribution in [0.15, 0.2) is 48.9 Å². The fourth-order valence-corrected chi connectivity index (χ4v) is 7.25. The third-order valence-electron chi connectivity index (χ3n) is 8.79. The van der Waals surface area contributed by atoms with Gasteiger partial charge in [-0.15, -0.1) is 0 Å². The molecule has 15 heteroatoms. The first-order valence-electron chi connectivity index (χ1n) is 17.5. The number of aromatic nitrogens is 4. The average Bonchev–Trinajstić information content (AvgIpc) is 3.45. The Hall–Kier alpha value is -4.11. The molecule has 0 saturated carbocycles. The molecule has 280 valence electrons. The Bertz CT molecular complexity index is 1900. The SMILES string of the molecule is CC1CN(CCN(C(=O)OC(C)(C)C)c2cnc3ccc(-c4c(-c5cc(Cl)ccc5F)ncn4COCC[Si](C)(C)C)nc3c2)C[C@@H](C)N1C(=O)O. The first kappa shape index (κ1) is 39.1. The number of halogens is 2. The second-order valence-electron chi connectivity index (χ2n) is 15.6. The van der Waals surface area contributed by atoms with E-state index in [1.165, 1.54) is 21.9 Å². The molecule has 1 N–H and O–H groups in total. The van der Waals surface area contributed by atoms with Crippen molar-refractivity contribution < 1.29 is 28.6 Å². The zero-order valence-electron chi connectivity index (χ0n) is 31.2. The zero-order chi connectivity index (χ0) is 38.0. The number of ether oxygens (including phenoxy) is 2. The first-order valence-corrected chi connectivity index (χ1v) is 21.6. The van der Waals surface area contributed by atoms with E-state index in [0.29, 0.717) is 65.1 Å². The van der Waals surface area contributed by atoms with Crippen molar-refractivity contribution in [3.8, 4) is 22.6 Å². The van der Waals surface area contributed by atoms with Crippen molar-refractivity contribution in [2.75, 3.05) is 37.7 Å². The topological polar surface area (TPSA) is 126 Å². The van der Waals surface area contributed by atoms with E-state index in [9.17, 15) is 14.7 Å². The van der Waals surface area contributed by atoms with Crippen LogP contribution in [0.25, 0.3) is 33.7 Å². The summed E-state index contributed by atoms with van der Waals surface area (Å²) in [6, 6.07) is 10.3. The smallest absolute Gasteiger partial charge is 0.414 e. The number of imidazole rings is 1. The number of carbonyl (C=O) groups is 2. The lowest BCUT2D eigenvalue weighted by Crippen LogP contribution is -2.59. The second-order valence-corrected chi connectivity index (χ2v) is 21.6. The lowest BCUT2D eigenvalue weighted by molar-refractivity contribution is 0.0409. The molecule has 0 aliphatic carbocycles. The van der Waals surface area contributed by atoms with Crippen molar-refractivity contribution >= 4 is 48.6 Å². The summed E-state index contributed by atoms with van der Waals surface area (Å²) >= 11 is 6.30. The quantitative estimate of drug-likeness (QED) is 0.120. The fourth-order valence-electron chi connectivity index (χ4n) is 6.32. The van der Waals surface area contributed by atoms with Gasteiger partial charge in [0.2, 0.25) is 0 Å². The Morgan fingerprint density at radius 1 is 1.06 bits per heavy atom. The molecule has 2 atom stereocenters. The molecule has 52 heavy (non-hydrogen) atoms. The van der Waals surface area contributed by atoms with Gasteiger partial charge in [0.15, 0.2) is 0 Å². The normalized spacial score (nSPS) is 17.1. The van der Waals surface area contributed by atoms with Crippen molar-refractivity contribution in [3.63, 3.8) is 0 Å². The molecule has 0 bridgehead atoms. The first-order chi connectivity index (χ1) is 24.4. The van der Waals surface area contributed by atoms with Crippen molar-refractivity contribution in [1.29, 1.82) is 0 Å². The molecule has 2 amide bonds. The molecule has 1 fully saturated rings. The van der Waals surface area contributed by atoms with Gasteiger partial charge in [0.1, 0.15) is 23.8 Å². The molecule has 0 radical (unpaired) electrons. The van der Waals surface area contributed by atoms with Crippen LogP contribution in [-0.4, -0.2) is 105 Å². The molecule has 12 nitrogen and oxygen atoms in total. The summed E-state index contributed by atoms with van der Waals surface area (Å²) in [4.78, 5) is 44.8. The molecule has 3 aromatic heterocycles. The number of pyridine rings is 2. The van der Waals surface area contributed by atoms with Gasteiger partial charge in [-0.3, -0.25) is 14.8 Å². The summed E-state index contributed by atoms with van der Waals surface area (Å²) in [5, 5.41) is 10.0. The highest BCUT2D eigenvalue weighted by Crippen LogP contribution is 2.34. The van der Waals surface area contributed by atoms with Gasteiger partial charge in [-0.25, -0.2) is 23.9 Å². The number of nitrogens with zero attached hydrogens (tertiary/aromatic N) is 7. The third kappa shape index (κ3) is 9.65. The largest absolute Gasteiger partial charge is 0.465 e. The van der Waals surface area contributed by atoms with Gasteiger partial charge in [0.05, 0.1) is 40.6 Å². The molecule has 4 aromatic rings. The zero-order valence-corrected chi connectivity index (χ0v) is 32.9. The van der Waals surface area contributed by atoms with E-state index in [0.717, 1.165) is 6.04 Å². The monoisotopic (exact) mass is 753 g/mol. The second kappa shape index (κ2) is 15.9. The van der Waals surface area contributed by atoms with Crippen molar-refractivity contribution in [2.45, 2.75) is 84.7 Å². The van der Waals surface area contributed by atoms with E-state index in [1.807, 2.05) is 45.3 Å². The van der Waals surface area contributed by atoms with Crippen LogP contribution in [0.4, 0.5) is 19.7 Å². The predicted octanol–water partition coefficient (Wildman–Crippen LogP) is 8.08. The number of anilines is 1. The van der Waals surface area contributed by atoms with Crippen LogP contribution in [0.1, 0.15) is 34.6 Å². The summed E-state index contributed by atoms with van der Waals surface area (Å²) in [7, 11) is -1.33. The average molecular weight is 754 g/mol. The summed E-state index contributed by atoms with van der Waals surface area (Å²) in [5.74, 6) is -0.471. The van der Waals surface area contributed by atoms with E-state index in [4.69, 9.17) is 26.1 Å². The van der Waals surface area contributed by atoms with Crippen LogP contribution in [0.5, 0.6) is 0 Å². The van der Waals surface area contributed by atoms with Crippen LogP contribution in [0, 0.1) is 5.82 Å². The van der Waals surface area contributed by atoms with E-state index in [-0.39, 0.29) is 30.9 Å². The van der Waals surface area contributed by atoms with Gasteiger partial charge in [-0.1, -0.05) is 31.2 Å². The number of fused-ring (bicyclic) bond motifs is 1. The number of hydrogen-bond donors (Lipinski definition) is 1.